The van der Waals surface area contributed by atoms with Gasteiger partial charge in [0, 0.05) is 44.5 Å². The van der Waals surface area contributed by atoms with E-state index in [0.29, 0.717) is 17.5 Å². The van der Waals surface area contributed by atoms with Crippen LogP contribution in [0.1, 0.15) is 0 Å². The number of anilines is 3. The normalized spacial score (nSPS) is 11.2. The summed E-state index contributed by atoms with van der Waals surface area (Å²) in [6.07, 6.45) is 0. The fourth-order valence-electron chi connectivity index (χ4n) is 8.24. The fraction of sp³-hybridized carbons (Fsp3) is 0. The highest BCUT2D eigenvalue weighted by Crippen LogP contribution is 2.40. The summed E-state index contributed by atoms with van der Waals surface area (Å²) in [5.41, 5.74) is 14.5. The van der Waals surface area contributed by atoms with Crippen LogP contribution in [0, 0.1) is 0 Å². The molecule has 0 amide bonds. The average Bonchev–Trinajstić information content (AvgIpc) is 3.74. The molecule has 0 aliphatic heterocycles. The first-order valence-corrected chi connectivity index (χ1v) is 20.8. The molecule has 0 aliphatic rings. The molecule has 2 aromatic heterocycles. The van der Waals surface area contributed by atoms with Crippen LogP contribution in [-0.4, -0.2) is 15.0 Å². The zero-order valence-corrected chi connectivity index (χ0v) is 33.6. The van der Waals surface area contributed by atoms with Gasteiger partial charge in [-0.05, 0) is 88.0 Å². The number of furan rings is 1. The molecule has 62 heavy (non-hydrogen) atoms. The molecule has 11 rings (SSSR count). The molecular weight excluding hydrogens is 757 g/mol. The highest BCUT2D eigenvalue weighted by atomic mass is 16.3. The zero-order chi connectivity index (χ0) is 41.2. The number of aromatic nitrogens is 3. The Morgan fingerprint density at radius 2 is 0.694 bits per heavy atom. The summed E-state index contributed by atoms with van der Waals surface area (Å²) in [4.78, 5) is 17.3. The van der Waals surface area contributed by atoms with Gasteiger partial charge >= 0.3 is 0 Å². The van der Waals surface area contributed by atoms with Crippen LogP contribution < -0.4 is 4.90 Å². The van der Waals surface area contributed by atoms with E-state index in [9.17, 15) is 0 Å². The van der Waals surface area contributed by atoms with E-state index in [-0.39, 0.29) is 0 Å². The Labute approximate surface area is 359 Å². The van der Waals surface area contributed by atoms with Gasteiger partial charge in [-0.15, -0.1) is 0 Å². The van der Waals surface area contributed by atoms with Crippen molar-refractivity contribution in [1.82, 2.24) is 15.0 Å². The van der Waals surface area contributed by atoms with E-state index in [4.69, 9.17) is 19.4 Å². The van der Waals surface area contributed by atoms with E-state index in [0.717, 1.165) is 66.8 Å². The minimum Gasteiger partial charge on any atom is -0.456 e. The van der Waals surface area contributed by atoms with E-state index < -0.39 is 0 Å². The second-order valence-electron chi connectivity index (χ2n) is 15.2. The molecule has 0 aliphatic carbocycles. The maximum absolute atomic E-state index is 6.57. The number of fused-ring (bicyclic) bond motifs is 3. The Morgan fingerprint density at radius 1 is 0.290 bits per heavy atom. The molecule has 0 spiro atoms. The first-order chi connectivity index (χ1) is 30.7. The summed E-state index contributed by atoms with van der Waals surface area (Å²) in [6.45, 7) is 0. The maximum atomic E-state index is 6.57. The van der Waals surface area contributed by atoms with E-state index in [1.54, 1.807) is 0 Å². The number of benzene rings is 9. The van der Waals surface area contributed by atoms with Crippen LogP contribution in [0.4, 0.5) is 17.1 Å². The van der Waals surface area contributed by atoms with Crippen LogP contribution in [-0.2, 0) is 0 Å². The highest BCUT2D eigenvalue weighted by molar-refractivity contribution is 6.12. The lowest BCUT2D eigenvalue weighted by atomic mass is 10.00. The lowest BCUT2D eigenvalue weighted by molar-refractivity contribution is 0.669. The number of hydrogen-bond donors (Lipinski definition) is 0. The molecule has 0 unspecified atom stereocenters. The van der Waals surface area contributed by atoms with E-state index in [1.165, 1.54) is 22.3 Å². The largest absolute Gasteiger partial charge is 0.456 e. The van der Waals surface area contributed by atoms with Crippen molar-refractivity contribution >= 4 is 39.0 Å². The predicted octanol–water partition coefficient (Wildman–Crippen LogP) is 15.2. The van der Waals surface area contributed by atoms with E-state index in [1.807, 2.05) is 78.9 Å². The second-order valence-corrected chi connectivity index (χ2v) is 15.2. The monoisotopic (exact) mass is 794 g/mol. The third-order valence-electron chi connectivity index (χ3n) is 11.4. The Bertz CT molecular complexity index is 3240. The number of nitrogens with zero attached hydrogens (tertiary/aromatic N) is 4. The highest BCUT2D eigenvalue weighted by Gasteiger charge is 2.19. The van der Waals surface area contributed by atoms with Gasteiger partial charge in [-0.2, -0.15) is 0 Å². The quantitative estimate of drug-likeness (QED) is 0.146. The van der Waals surface area contributed by atoms with Gasteiger partial charge < -0.3 is 9.32 Å². The number of hydrogen-bond acceptors (Lipinski definition) is 5. The first-order valence-electron chi connectivity index (χ1n) is 20.8. The molecule has 0 radical (unpaired) electrons. The molecule has 11 aromatic rings. The molecule has 0 atom stereocenters. The van der Waals surface area contributed by atoms with Crippen molar-refractivity contribution in [1.29, 1.82) is 0 Å². The summed E-state index contributed by atoms with van der Waals surface area (Å²) < 4.78 is 6.57. The van der Waals surface area contributed by atoms with Crippen molar-refractivity contribution in [2.75, 3.05) is 4.90 Å². The summed E-state index contributed by atoms with van der Waals surface area (Å²) in [6, 6.07) is 80.0. The molecule has 0 fully saturated rings. The van der Waals surface area contributed by atoms with Crippen molar-refractivity contribution in [3.63, 3.8) is 0 Å². The van der Waals surface area contributed by atoms with Gasteiger partial charge in [0.05, 0.1) is 0 Å². The minimum atomic E-state index is 0.598. The summed E-state index contributed by atoms with van der Waals surface area (Å²) >= 11 is 0. The molecule has 9 aromatic carbocycles. The Morgan fingerprint density at radius 3 is 1.23 bits per heavy atom. The van der Waals surface area contributed by atoms with Gasteiger partial charge in [-0.1, -0.05) is 176 Å². The Balaban J connectivity index is 0.914. The van der Waals surface area contributed by atoms with Crippen LogP contribution in [0.25, 0.3) is 89.5 Å². The fourth-order valence-corrected chi connectivity index (χ4v) is 8.24. The van der Waals surface area contributed by atoms with Gasteiger partial charge in [0.1, 0.15) is 11.2 Å². The first kappa shape index (κ1) is 36.7. The van der Waals surface area contributed by atoms with Gasteiger partial charge in [0.15, 0.2) is 17.5 Å². The average molecular weight is 795 g/mol. The van der Waals surface area contributed by atoms with Crippen molar-refractivity contribution in [3.8, 4) is 67.5 Å². The lowest BCUT2D eigenvalue weighted by Crippen LogP contribution is -2.09. The molecule has 0 saturated heterocycles. The molecule has 5 nitrogen and oxygen atoms in total. The van der Waals surface area contributed by atoms with Gasteiger partial charge in [-0.3, -0.25) is 0 Å². The summed E-state index contributed by atoms with van der Waals surface area (Å²) in [5.74, 6) is 1.84. The smallest absolute Gasteiger partial charge is 0.164 e. The third-order valence-corrected chi connectivity index (χ3v) is 11.4. The topological polar surface area (TPSA) is 55.1 Å². The van der Waals surface area contributed by atoms with Crippen molar-refractivity contribution in [2.45, 2.75) is 0 Å². The standard InChI is InChI=1S/C57H38N4O/c1-5-14-39(15-6-1)40-24-26-41(27-25-40)42-28-33-48(34-29-42)61(47-20-11-4-12-21-47)49-35-30-43(31-36-49)46-32-37-50-53(38-46)62-52-23-13-22-51(54(50)52)57-59-55(44-16-7-2-8-17-44)58-56(60-57)45-18-9-3-10-19-45/h1-38H. The van der Waals surface area contributed by atoms with Gasteiger partial charge in [0.25, 0.3) is 0 Å². The van der Waals surface area contributed by atoms with Crippen molar-refractivity contribution in [3.05, 3.63) is 231 Å². The summed E-state index contributed by atoms with van der Waals surface area (Å²) in [5, 5.41) is 1.98. The van der Waals surface area contributed by atoms with E-state index in [2.05, 4.69) is 157 Å². The molecule has 292 valence electrons. The molecule has 0 bridgehead atoms. The van der Waals surface area contributed by atoms with Crippen LogP contribution in [0.15, 0.2) is 235 Å². The van der Waals surface area contributed by atoms with Crippen LogP contribution in [0.2, 0.25) is 0 Å². The number of para-hydroxylation sites is 1. The third kappa shape index (κ3) is 7.08. The van der Waals surface area contributed by atoms with Gasteiger partial charge in [0.2, 0.25) is 0 Å². The zero-order valence-electron chi connectivity index (χ0n) is 33.6. The molecule has 2 heterocycles. The van der Waals surface area contributed by atoms with Crippen LogP contribution in [0.5, 0.6) is 0 Å². The molecule has 5 heteroatoms. The Hall–Kier alpha value is -8.41. The molecule has 0 N–H and O–H groups in total. The van der Waals surface area contributed by atoms with Crippen molar-refractivity contribution < 1.29 is 4.42 Å². The second kappa shape index (κ2) is 16.0. The van der Waals surface area contributed by atoms with Crippen molar-refractivity contribution in [2.24, 2.45) is 0 Å². The predicted molar refractivity (Wildman–Crippen MR) is 254 cm³/mol. The minimum absolute atomic E-state index is 0.598. The Kier molecular flexibility index (Phi) is 9.45. The summed E-state index contributed by atoms with van der Waals surface area (Å²) in [7, 11) is 0. The maximum Gasteiger partial charge on any atom is 0.164 e. The SMILES string of the molecule is c1ccc(-c2ccc(-c3ccc(N(c4ccccc4)c4ccc(-c5ccc6c(c5)oc5cccc(-c7nc(-c8ccccc8)nc(-c8ccccc8)n7)c56)cc4)cc3)cc2)cc1. The van der Waals surface area contributed by atoms with E-state index >= 15 is 0 Å². The van der Waals surface area contributed by atoms with Crippen LogP contribution in [0.3, 0.4) is 0 Å². The van der Waals surface area contributed by atoms with Crippen LogP contribution >= 0.6 is 0 Å². The molecular formula is C57H38N4O. The van der Waals surface area contributed by atoms with Gasteiger partial charge in [-0.25, -0.2) is 15.0 Å². The molecule has 0 saturated carbocycles. The number of rotatable bonds is 9. The lowest BCUT2D eigenvalue weighted by Gasteiger charge is -2.26.